The van der Waals surface area contributed by atoms with Crippen molar-refractivity contribution in [2.75, 3.05) is 6.61 Å². The lowest BCUT2D eigenvalue weighted by Gasteiger charge is -2.23. The number of carbonyl (C=O) groups excluding carboxylic acids is 4. The average molecular weight is 438 g/mol. The van der Waals surface area contributed by atoms with Gasteiger partial charge in [-0.3, -0.25) is 19.3 Å². The first kappa shape index (κ1) is 21.1. The van der Waals surface area contributed by atoms with Crippen molar-refractivity contribution in [3.05, 3.63) is 33.3 Å². The van der Waals surface area contributed by atoms with Crippen molar-refractivity contribution < 1.29 is 23.9 Å². The molecule has 1 atom stereocenters. The van der Waals surface area contributed by atoms with Crippen LogP contribution in [-0.4, -0.2) is 46.8 Å². The van der Waals surface area contributed by atoms with Crippen LogP contribution in [0, 0.1) is 11.3 Å². The number of carbonyl (C=O) groups is 4. The molecular weight excluding hydrogens is 421 g/mol. The van der Waals surface area contributed by atoms with E-state index in [0.717, 1.165) is 17.7 Å². The number of fused-ring (bicyclic) bond motifs is 1. The maximum atomic E-state index is 12.5. The molecule has 0 bridgehead atoms. The lowest BCUT2D eigenvalue weighted by Crippen LogP contribution is -2.48. The molecule has 0 aromatic heterocycles. The molecule has 29 heavy (non-hydrogen) atoms. The summed E-state index contributed by atoms with van der Waals surface area (Å²) >= 11 is 11.8. The SMILES string of the molecule is CC(C(=O)OCC(=O)NC1(C#N)CCCC1)N1C(=O)c2cc(Cl)c(Cl)cc2C1=O. The third-order valence-electron chi connectivity index (χ3n) is 5.08. The number of nitriles is 1. The van der Waals surface area contributed by atoms with Gasteiger partial charge in [0.1, 0.15) is 11.6 Å². The minimum Gasteiger partial charge on any atom is -0.454 e. The summed E-state index contributed by atoms with van der Waals surface area (Å²) in [7, 11) is 0. The van der Waals surface area contributed by atoms with Gasteiger partial charge in [-0.05, 0) is 44.7 Å². The first-order chi connectivity index (χ1) is 13.7. The number of ether oxygens (including phenoxy) is 1. The van der Waals surface area contributed by atoms with E-state index in [9.17, 15) is 24.4 Å². The Morgan fingerprint density at radius 3 is 2.21 bits per heavy atom. The van der Waals surface area contributed by atoms with Gasteiger partial charge >= 0.3 is 5.97 Å². The summed E-state index contributed by atoms with van der Waals surface area (Å²) in [5.41, 5.74) is -0.853. The standard InChI is InChI=1S/C19H17Cl2N3O5/c1-10(18(28)29-8-15(25)23-19(9-22)4-2-3-5-19)24-16(26)11-6-13(20)14(21)7-12(11)17(24)27/h6-7,10H,2-5,8H2,1H3,(H,23,25). The normalized spacial score (nSPS) is 18.2. The molecular formula is C19H17Cl2N3O5. The highest BCUT2D eigenvalue weighted by atomic mass is 35.5. The second-order valence-corrected chi connectivity index (χ2v) is 7.84. The molecule has 1 aliphatic carbocycles. The van der Waals surface area contributed by atoms with E-state index in [-0.39, 0.29) is 21.2 Å². The van der Waals surface area contributed by atoms with E-state index in [0.29, 0.717) is 12.8 Å². The van der Waals surface area contributed by atoms with Gasteiger partial charge in [0.15, 0.2) is 6.61 Å². The zero-order chi connectivity index (χ0) is 21.3. The van der Waals surface area contributed by atoms with Gasteiger partial charge in [0.05, 0.1) is 27.2 Å². The van der Waals surface area contributed by atoms with Crippen LogP contribution < -0.4 is 5.32 Å². The number of rotatable bonds is 5. The van der Waals surface area contributed by atoms with Gasteiger partial charge in [-0.2, -0.15) is 5.26 Å². The quantitative estimate of drug-likeness (QED) is 0.558. The van der Waals surface area contributed by atoms with Crippen LogP contribution in [-0.2, 0) is 14.3 Å². The Balaban J connectivity index is 1.63. The first-order valence-corrected chi connectivity index (χ1v) is 9.70. The summed E-state index contributed by atoms with van der Waals surface area (Å²) in [5, 5.41) is 12.1. The molecule has 0 saturated heterocycles. The molecule has 3 amide bonds. The summed E-state index contributed by atoms with van der Waals surface area (Å²) < 4.78 is 4.96. The topological polar surface area (TPSA) is 117 Å². The third-order valence-corrected chi connectivity index (χ3v) is 5.80. The number of nitrogens with zero attached hydrogens (tertiary/aromatic N) is 2. The molecule has 1 aromatic rings. The molecule has 1 heterocycles. The van der Waals surface area contributed by atoms with Crippen LogP contribution in [0.2, 0.25) is 10.0 Å². The van der Waals surface area contributed by atoms with Crippen molar-refractivity contribution in [2.24, 2.45) is 0 Å². The van der Waals surface area contributed by atoms with Crippen LogP contribution >= 0.6 is 23.2 Å². The molecule has 152 valence electrons. The fourth-order valence-corrected chi connectivity index (χ4v) is 3.84. The second kappa shape index (κ2) is 8.01. The first-order valence-electron chi connectivity index (χ1n) is 8.95. The van der Waals surface area contributed by atoms with Crippen LogP contribution in [0.4, 0.5) is 0 Å². The summed E-state index contributed by atoms with van der Waals surface area (Å²) in [6.45, 7) is 0.701. The van der Waals surface area contributed by atoms with E-state index in [1.165, 1.54) is 19.1 Å². The minimum absolute atomic E-state index is 0.0407. The fraction of sp³-hybridized carbons (Fsp3) is 0.421. The number of amides is 3. The van der Waals surface area contributed by atoms with E-state index in [1.807, 2.05) is 0 Å². The zero-order valence-corrected chi connectivity index (χ0v) is 17.0. The van der Waals surface area contributed by atoms with Gasteiger partial charge < -0.3 is 10.1 Å². The summed E-state index contributed by atoms with van der Waals surface area (Å²) in [6, 6.07) is 3.39. The van der Waals surface area contributed by atoms with Crippen molar-refractivity contribution in [1.29, 1.82) is 5.26 Å². The van der Waals surface area contributed by atoms with E-state index in [4.69, 9.17) is 27.9 Å². The van der Waals surface area contributed by atoms with Crippen LogP contribution in [0.1, 0.15) is 53.3 Å². The minimum atomic E-state index is -1.26. The number of esters is 1. The average Bonchev–Trinajstić information content (AvgIpc) is 3.24. The molecule has 3 rings (SSSR count). The molecule has 1 saturated carbocycles. The molecule has 1 unspecified atom stereocenters. The van der Waals surface area contributed by atoms with Gasteiger partial charge in [-0.1, -0.05) is 23.2 Å². The lowest BCUT2D eigenvalue weighted by molar-refractivity contribution is -0.152. The Morgan fingerprint density at radius 2 is 1.72 bits per heavy atom. The number of benzene rings is 1. The van der Waals surface area contributed by atoms with E-state index in [2.05, 4.69) is 11.4 Å². The van der Waals surface area contributed by atoms with E-state index < -0.39 is 41.9 Å². The largest absolute Gasteiger partial charge is 0.454 e. The number of nitrogens with one attached hydrogen (secondary N) is 1. The number of hydrogen-bond acceptors (Lipinski definition) is 6. The smallest absolute Gasteiger partial charge is 0.329 e. The predicted octanol–water partition coefficient (Wildman–Crippen LogP) is 2.47. The Hall–Kier alpha value is -2.63. The Labute approximate surface area is 176 Å². The van der Waals surface area contributed by atoms with Gasteiger partial charge in [0.25, 0.3) is 17.7 Å². The monoisotopic (exact) mass is 437 g/mol. The highest BCUT2D eigenvalue weighted by Gasteiger charge is 2.42. The van der Waals surface area contributed by atoms with Crippen molar-refractivity contribution in [2.45, 2.75) is 44.2 Å². The number of hydrogen-bond donors (Lipinski definition) is 1. The molecule has 10 heteroatoms. The Morgan fingerprint density at radius 1 is 1.21 bits per heavy atom. The van der Waals surface area contributed by atoms with Crippen molar-refractivity contribution in [3.63, 3.8) is 0 Å². The van der Waals surface area contributed by atoms with Crippen LogP contribution in [0.3, 0.4) is 0 Å². The van der Waals surface area contributed by atoms with Gasteiger partial charge in [0, 0.05) is 0 Å². The van der Waals surface area contributed by atoms with E-state index in [1.54, 1.807) is 0 Å². The Bertz CT molecular complexity index is 909. The molecule has 1 N–H and O–H groups in total. The van der Waals surface area contributed by atoms with Crippen molar-refractivity contribution in [3.8, 4) is 6.07 Å². The zero-order valence-electron chi connectivity index (χ0n) is 15.5. The van der Waals surface area contributed by atoms with Gasteiger partial charge in [-0.25, -0.2) is 4.79 Å². The molecule has 8 nitrogen and oxygen atoms in total. The summed E-state index contributed by atoms with van der Waals surface area (Å²) in [6.07, 6.45) is 2.75. The molecule has 0 spiro atoms. The van der Waals surface area contributed by atoms with Gasteiger partial charge in [0.2, 0.25) is 0 Å². The molecule has 1 fully saturated rings. The molecule has 1 aliphatic heterocycles. The second-order valence-electron chi connectivity index (χ2n) is 7.03. The molecule has 0 radical (unpaired) electrons. The van der Waals surface area contributed by atoms with E-state index >= 15 is 0 Å². The van der Waals surface area contributed by atoms with Crippen LogP contribution in [0.5, 0.6) is 0 Å². The highest BCUT2D eigenvalue weighted by Crippen LogP contribution is 2.32. The maximum absolute atomic E-state index is 12.5. The fourth-order valence-electron chi connectivity index (χ4n) is 3.51. The maximum Gasteiger partial charge on any atom is 0.329 e. The summed E-state index contributed by atoms with van der Waals surface area (Å²) in [5.74, 6) is -2.95. The Kier molecular flexibility index (Phi) is 5.82. The highest BCUT2D eigenvalue weighted by molar-refractivity contribution is 6.43. The molecule has 1 aromatic carbocycles. The third kappa shape index (κ3) is 3.93. The van der Waals surface area contributed by atoms with Crippen LogP contribution in [0.15, 0.2) is 12.1 Å². The van der Waals surface area contributed by atoms with Crippen LogP contribution in [0.25, 0.3) is 0 Å². The van der Waals surface area contributed by atoms with Gasteiger partial charge in [-0.15, -0.1) is 0 Å². The number of halogens is 2. The predicted molar refractivity (Wildman–Crippen MR) is 102 cm³/mol. The lowest BCUT2D eigenvalue weighted by atomic mass is 10.00. The van der Waals surface area contributed by atoms with Crippen molar-refractivity contribution in [1.82, 2.24) is 10.2 Å². The number of imide groups is 1. The summed E-state index contributed by atoms with van der Waals surface area (Å²) in [4.78, 5) is 50.2. The molecule has 2 aliphatic rings. The van der Waals surface area contributed by atoms with Crippen molar-refractivity contribution >= 4 is 46.9 Å².